The predicted octanol–water partition coefficient (Wildman–Crippen LogP) is 3.60. The third-order valence-corrected chi connectivity index (χ3v) is 4.46. The Bertz CT molecular complexity index is 712. The van der Waals surface area contributed by atoms with Crippen molar-refractivity contribution in [3.8, 4) is 5.75 Å². The Kier molecular flexibility index (Phi) is 4.51. The third-order valence-electron chi connectivity index (χ3n) is 3.45. The molecule has 2 aromatic rings. The van der Waals surface area contributed by atoms with Gasteiger partial charge >= 0.3 is 0 Å². The van der Waals surface area contributed by atoms with Crippen LogP contribution in [0, 0.1) is 10.1 Å². The number of hydrogen-bond acceptors (Lipinski definition) is 6. The van der Waals surface area contributed by atoms with Crippen LogP contribution < -0.4 is 4.74 Å². The number of ether oxygens (including phenoxy) is 1. The number of nitrogens with zero attached hydrogens (tertiary/aromatic N) is 4. The second-order valence-corrected chi connectivity index (χ2v) is 6.70. The van der Waals surface area contributed by atoms with E-state index in [-0.39, 0.29) is 16.7 Å². The fourth-order valence-corrected chi connectivity index (χ4v) is 3.20. The molecule has 122 valence electrons. The maximum absolute atomic E-state index is 11.0. The predicted molar refractivity (Wildman–Crippen MR) is 86.7 cm³/mol. The van der Waals surface area contributed by atoms with Gasteiger partial charge in [0.2, 0.25) is 0 Å². The molecule has 0 aliphatic heterocycles. The number of benzene rings is 1. The van der Waals surface area contributed by atoms with Crippen molar-refractivity contribution in [2.45, 2.75) is 49.7 Å². The van der Waals surface area contributed by atoms with E-state index in [1.165, 1.54) is 17.8 Å². The van der Waals surface area contributed by atoms with Crippen LogP contribution in [0.15, 0.2) is 29.7 Å². The fraction of sp³-hybridized carbons (Fsp3) is 0.467. The maximum atomic E-state index is 11.0. The summed E-state index contributed by atoms with van der Waals surface area (Å²) in [6, 6.07) is 5.21. The summed E-state index contributed by atoms with van der Waals surface area (Å²) in [6.07, 6.45) is 4.07. The molecule has 0 radical (unpaired) electrons. The monoisotopic (exact) mass is 334 g/mol. The molecule has 3 rings (SSSR count). The van der Waals surface area contributed by atoms with E-state index in [0.717, 1.165) is 23.6 Å². The molecule has 1 aliphatic rings. The van der Waals surface area contributed by atoms with Gasteiger partial charge in [-0.1, -0.05) is 11.8 Å². The lowest BCUT2D eigenvalue weighted by atomic mass is 10.2. The standard InChI is InChI=1S/C15H18N4O3S/c1-10(2)22-14-6-5-13(19(20)21)7-11(14)8-23-15-17-16-9-18(15)12-3-4-12/h5-7,9-10,12H,3-4,8H2,1-2H3. The molecule has 0 atom stereocenters. The van der Waals surface area contributed by atoms with Gasteiger partial charge in [-0.15, -0.1) is 10.2 Å². The Labute approximate surface area is 138 Å². The Morgan fingerprint density at radius 2 is 2.26 bits per heavy atom. The van der Waals surface area contributed by atoms with Gasteiger partial charge in [0.1, 0.15) is 12.1 Å². The number of nitro benzene ring substituents is 1. The van der Waals surface area contributed by atoms with E-state index in [0.29, 0.717) is 17.5 Å². The molecule has 1 aromatic heterocycles. The van der Waals surface area contributed by atoms with Crippen molar-refractivity contribution < 1.29 is 9.66 Å². The summed E-state index contributed by atoms with van der Waals surface area (Å²) in [5.41, 5.74) is 0.864. The normalized spacial score (nSPS) is 14.2. The van der Waals surface area contributed by atoms with Gasteiger partial charge in [-0.3, -0.25) is 10.1 Å². The van der Waals surface area contributed by atoms with Gasteiger partial charge in [-0.05, 0) is 32.8 Å². The first-order valence-corrected chi connectivity index (χ1v) is 8.49. The van der Waals surface area contributed by atoms with Crippen LogP contribution in [0.2, 0.25) is 0 Å². The summed E-state index contributed by atoms with van der Waals surface area (Å²) in [7, 11) is 0. The van der Waals surface area contributed by atoms with Crippen LogP contribution in [0.5, 0.6) is 5.75 Å². The number of hydrogen-bond donors (Lipinski definition) is 0. The quantitative estimate of drug-likeness (QED) is 0.437. The molecule has 0 N–H and O–H groups in total. The molecule has 1 heterocycles. The second kappa shape index (κ2) is 6.57. The third kappa shape index (κ3) is 3.82. The zero-order chi connectivity index (χ0) is 16.4. The summed E-state index contributed by atoms with van der Waals surface area (Å²) >= 11 is 1.52. The fourth-order valence-electron chi connectivity index (χ4n) is 2.24. The van der Waals surface area contributed by atoms with Crippen molar-refractivity contribution in [2.24, 2.45) is 0 Å². The van der Waals surface area contributed by atoms with Crippen molar-refractivity contribution in [1.82, 2.24) is 14.8 Å². The van der Waals surface area contributed by atoms with Crippen LogP contribution in [-0.2, 0) is 5.75 Å². The summed E-state index contributed by atoms with van der Waals surface area (Å²) in [5, 5.41) is 20.0. The molecule has 1 fully saturated rings. The topological polar surface area (TPSA) is 83.1 Å². The van der Waals surface area contributed by atoms with E-state index >= 15 is 0 Å². The van der Waals surface area contributed by atoms with E-state index in [2.05, 4.69) is 14.8 Å². The van der Waals surface area contributed by atoms with E-state index in [9.17, 15) is 10.1 Å². The van der Waals surface area contributed by atoms with Gasteiger partial charge in [-0.2, -0.15) is 0 Å². The van der Waals surface area contributed by atoms with Gasteiger partial charge in [0.15, 0.2) is 5.16 Å². The van der Waals surface area contributed by atoms with Crippen molar-refractivity contribution in [1.29, 1.82) is 0 Å². The van der Waals surface area contributed by atoms with Crippen molar-refractivity contribution in [2.75, 3.05) is 0 Å². The lowest BCUT2D eigenvalue weighted by Crippen LogP contribution is -2.07. The van der Waals surface area contributed by atoms with Crippen LogP contribution in [0.3, 0.4) is 0 Å². The Morgan fingerprint density at radius 1 is 1.48 bits per heavy atom. The zero-order valence-electron chi connectivity index (χ0n) is 13.0. The maximum Gasteiger partial charge on any atom is 0.270 e. The minimum absolute atomic E-state index is 0.00956. The lowest BCUT2D eigenvalue weighted by molar-refractivity contribution is -0.384. The van der Waals surface area contributed by atoms with E-state index < -0.39 is 0 Å². The van der Waals surface area contributed by atoms with Crippen LogP contribution in [0.4, 0.5) is 5.69 Å². The van der Waals surface area contributed by atoms with Crippen molar-refractivity contribution >= 4 is 17.4 Å². The van der Waals surface area contributed by atoms with E-state index in [4.69, 9.17) is 4.74 Å². The highest BCUT2D eigenvalue weighted by Gasteiger charge is 2.26. The first kappa shape index (κ1) is 15.8. The van der Waals surface area contributed by atoms with Crippen molar-refractivity contribution in [3.63, 3.8) is 0 Å². The molecule has 23 heavy (non-hydrogen) atoms. The molecule has 0 saturated heterocycles. The zero-order valence-corrected chi connectivity index (χ0v) is 13.8. The van der Waals surface area contributed by atoms with Crippen LogP contribution >= 0.6 is 11.8 Å². The van der Waals surface area contributed by atoms with Crippen LogP contribution in [0.25, 0.3) is 0 Å². The van der Waals surface area contributed by atoms with E-state index in [1.54, 1.807) is 18.5 Å². The highest BCUT2D eigenvalue weighted by Crippen LogP contribution is 2.38. The average molecular weight is 334 g/mol. The first-order valence-electron chi connectivity index (χ1n) is 7.51. The lowest BCUT2D eigenvalue weighted by Gasteiger charge is -2.14. The molecule has 0 spiro atoms. The SMILES string of the molecule is CC(C)Oc1ccc([N+](=O)[O-])cc1CSc1nncn1C1CC1. The summed E-state index contributed by atoms with van der Waals surface area (Å²) in [6.45, 7) is 3.87. The molecule has 0 amide bonds. The molecule has 8 heteroatoms. The average Bonchev–Trinajstić information content (AvgIpc) is 3.24. The highest BCUT2D eigenvalue weighted by atomic mass is 32.2. The van der Waals surface area contributed by atoms with Crippen LogP contribution in [0.1, 0.15) is 38.3 Å². The smallest absolute Gasteiger partial charge is 0.270 e. The van der Waals surface area contributed by atoms with E-state index in [1.807, 2.05) is 13.8 Å². The summed E-state index contributed by atoms with van der Waals surface area (Å²) in [4.78, 5) is 10.6. The van der Waals surface area contributed by atoms with Gasteiger partial charge in [-0.25, -0.2) is 0 Å². The molecule has 7 nitrogen and oxygen atoms in total. The molecule has 0 unspecified atom stereocenters. The molecule has 1 aromatic carbocycles. The van der Waals surface area contributed by atoms with Gasteiger partial charge < -0.3 is 9.30 Å². The molecule has 0 bridgehead atoms. The summed E-state index contributed by atoms with van der Waals surface area (Å²) < 4.78 is 7.84. The summed E-state index contributed by atoms with van der Waals surface area (Å²) in [5.74, 6) is 1.23. The molecular formula is C15H18N4O3S. The first-order chi connectivity index (χ1) is 11.0. The van der Waals surface area contributed by atoms with Gasteiger partial charge in [0.05, 0.1) is 11.0 Å². The Balaban J connectivity index is 1.80. The Hall–Kier alpha value is -2.09. The van der Waals surface area contributed by atoms with Gasteiger partial charge in [0, 0.05) is 29.5 Å². The van der Waals surface area contributed by atoms with Crippen LogP contribution in [-0.4, -0.2) is 25.8 Å². The Morgan fingerprint density at radius 3 is 2.91 bits per heavy atom. The highest BCUT2D eigenvalue weighted by molar-refractivity contribution is 7.98. The number of non-ortho nitro benzene ring substituents is 1. The number of thioether (sulfide) groups is 1. The minimum Gasteiger partial charge on any atom is -0.491 e. The van der Waals surface area contributed by atoms with Gasteiger partial charge in [0.25, 0.3) is 5.69 Å². The molecule has 1 aliphatic carbocycles. The number of nitro groups is 1. The number of rotatable bonds is 7. The molecular weight excluding hydrogens is 316 g/mol. The number of aromatic nitrogens is 3. The second-order valence-electron chi connectivity index (χ2n) is 5.76. The molecule has 1 saturated carbocycles. The largest absolute Gasteiger partial charge is 0.491 e. The van der Waals surface area contributed by atoms with Crippen molar-refractivity contribution in [3.05, 3.63) is 40.2 Å². The minimum atomic E-state index is -0.389.